The third kappa shape index (κ3) is 5.09. The second-order valence-electron chi connectivity index (χ2n) is 7.42. The van der Waals surface area contributed by atoms with Crippen LogP contribution in [0.5, 0.6) is 0 Å². The van der Waals surface area contributed by atoms with Gasteiger partial charge in [-0.3, -0.25) is 0 Å². The number of piperidine rings is 2. The summed E-state index contributed by atoms with van der Waals surface area (Å²) in [6.45, 7) is 6.70. The van der Waals surface area contributed by atoms with Crippen molar-refractivity contribution in [3.8, 4) is 0 Å². The number of nitrogens with two attached hydrogens (primary N) is 1. The van der Waals surface area contributed by atoms with Crippen molar-refractivity contribution >= 4 is 12.4 Å². The first kappa shape index (κ1) is 17.5. The van der Waals surface area contributed by atoms with Gasteiger partial charge in [-0.2, -0.15) is 0 Å². The van der Waals surface area contributed by atoms with E-state index in [0.29, 0.717) is 6.04 Å². The SMILES string of the molecule is Cl.NC1CCCC(CN2CCC(N3CCCCC3)CC2)C1. The Hall–Kier alpha value is 0.170. The molecule has 0 amide bonds. The molecule has 0 bridgehead atoms. The zero-order valence-electron chi connectivity index (χ0n) is 13.5. The molecule has 124 valence electrons. The highest BCUT2D eigenvalue weighted by Gasteiger charge is 2.27. The summed E-state index contributed by atoms with van der Waals surface area (Å²) in [7, 11) is 0. The summed E-state index contributed by atoms with van der Waals surface area (Å²) in [4.78, 5) is 5.50. The number of likely N-dealkylation sites (tertiary alicyclic amines) is 2. The number of hydrogen-bond acceptors (Lipinski definition) is 3. The molecule has 0 aromatic heterocycles. The summed E-state index contributed by atoms with van der Waals surface area (Å²) in [6.07, 6.45) is 12.4. The number of nitrogens with zero attached hydrogens (tertiary/aromatic N) is 2. The summed E-state index contributed by atoms with van der Waals surface area (Å²) in [5.41, 5.74) is 6.12. The Balaban J connectivity index is 0.00000161. The van der Waals surface area contributed by atoms with Gasteiger partial charge in [-0.1, -0.05) is 12.8 Å². The molecule has 21 heavy (non-hydrogen) atoms. The van der Waals surface area contributed by atoms with Crippen molar-refractivity contribution in [1.82, 2.24) is 9.80 Å². The molecule has 2 atom stereocenters. The van der Waals surface area contributed by atoms with E-state index in [-0.39, 0.29) is 12.4 Å². The molecule has 0 aromatic rings. The van der Waals surface area contributed by atoms with Crippen molar-refractivity contribution in [2.75, 3.05) is 32.7 Å². The maximum atomic E-state index is 6.12. The molecule has 0 aromatic carbocycles. The highest BCUT2D eigenvalue weighted by Crippen LogP contribution is 2.26. The molecule has 0 spiro atoms. The van der Waals surface area contributed by atoms with E-state index >= 15 is 0 Å². The number of hydrogen-bond donors (Lipinski definition) is 1. The Kier molecular flexibility index (Phi) is 7.27. The smallest absolute Gasteiger partial charge is 0.0120 e. The monoisotopic (exact) mass is 315 g/mol. The van der Waals surface area contributed by atoms with Gasteiger partial charge in [0.15, 0.2) is 0 Å². The molecule has 3 rings (SSSR count). The van der Waals surface area contributed by atoms with Crippen LogP contribution in [-0.4, -0.2) is 54.6 Å². The predicted octanol–water partition coefficient (Wildman–Crippen LogP) is 2.88. The van der Waals surface area contributed by atoms with Gasteiger partial charge < -0.3 is 15.5 Å². The molecule has 3 fully saturated rings. The van der Waals surface area contributed by atoms with E-state index in [0.717, 1.165) is 12.0 Å². The first-order valence-corrected chi connectivity index (χ1v) is 9.03. The van der Waals surface area contributed by atoms with Gasteiger partial charge in [-0.05, 0) is 77.0 Å². The number of rotatable bonds is 3. The van der Waals surface area contributed by atoms with E-state index in [1.165, 1.54) is 90.5 Å². The second-order valence-corrected chi connectivity index (χ2v) is 7.42. The Labute approximate surface area is 137 Å². The summed E-state index contributed by atoms with van der Waals surface area (Å²) in [6, 6.07) is 1.37. The molecule has 2 saturated heterocycles. The van der Waals surface area contributed by atoms with Gasteiger partial charge in [0, 0.05) is 18.6 Å². The number of halogens is 1. The van der Waals surface area contributed by atoms with Crippen molar-refractivity contribution in [2.45, 2.75) is 69.9 Å². The average Bonchev–Trinajstić information content (AvgIpc) is 2.49. The molecule has 1 saturated carbocycles. The van der Waals surface area contributed by atoms with Gasteiger partial charge in [0.25, 0.3) is 0 Å². The fourth-order valence-corrected chi connectivity index (χ4v) is 4.61. The summed E-state index contributed by atoms with van der Waals surface area (Å²) in [5, 5.41) is 0. The molecule has 2 N–H and O–H groups in total. The van der Waals surface area contributed by atoms with Crippen LogP contribution in [0.2, 0.25) is 0 Å². The lowest BCUT2D eigenvalue weighted by molar-refractivity contribution is 0.0805. The van der Waals surface area contributed by atoms with E-state index in [1.54, 1.807) is 0 Å². The first-order chi connectivity index (χ1) is 9.81. The Morgan fingerprint density at radius 2 is 1.52 bits per heavy atom. The molecule has 1 aliphatic carbocycles. The molecule has 4 heteroatoms. The molecule has 0 radical (unpaired) electrons. The highest BCUT2D eigenvalue weighted by molar-refractivity contribution is 5.85. The van der Waals surface area contributed by atoms with Crippen LogP contribution in [0.4, 0.5) is 0 Å². The Morgan fingerprint density at radius 3 is 2.19 bits per heavy atom. The van der Waals surface area contributed by atoms with Crippen molar-refractivity contribution in [3.63, 3.8) is 0 Å². The van der Waals surface area contributed by atoms with Gasteiger partial charge in [-0.15, -0.1) is 12.4 Å². The molecule has 2 unspecified atom stereocenters. The third-order valence-electron chi connectivity index (χ3n) is 5.80. The zero-order valence-corrected chi connectivity index (χ0v) is 14.3. The van der Waals surface area contributed by atoms with Crippen molar-refractivity contribution in [1.29, 1.82) is 0 Å². The summed E-state index contributed by atoms with van der Waals surface area (Å²) in [5.74, 6) is 0.880. The van der Waals surface area contributed by atoms with Crippen LogP contribution in [-0.2, 0) is 0 Å². The largest absolute Gasteiger partial charge is 0.328 e. The van der Waals surface area contributed by atoms with Gasteiger partial charge in [0.05, 0.1) is 0 Å². The van der Waals surface area contributed by atoms with Gasteiger partial charge >= 0.3 is 0 Å². The lowest BCUT2D eigenvalue weighted by Gasteiger charge is -2.41. The van der Waals surface area contributed by atoms with Crippen LogP contribution in [0.25, 0.3) is 0 Å². The van der Waals surface area contributed by atoms with Gasteiger partial charge in [0.1, 0.15) is 0 Å². The molecule has 3 aliphatic rings. The van der Waals surface area contributed by atoms with E-state index in [9.17, 15) is 0 Å². The average molecular weight is 316 g/mol. The molecular weight excluding hydrogens is 282 g/mol. The minimum Gasteiger partial charge on any atom is -0.328 e. The van der Waals surface area contributed by atoms with E-state index < -0.39 is 0 Å². The van der Waals surface area contributed by atoms with Crippen molar-refractivity contribution in [3.05, 3.63) is 0 Å². The standard InChI is InChI=1S/C17H33N3.ClH/c18-16-6-4-5-15(13-16)14-19-11-7-17(8-12-19)20-9-2-1-3-10-20;/h15-17H,1-14,18H2;1H. The van der Waals surface area contributed by atoms with Crippen molar-refractivity contribution in [2.24, 2.45) is 11.7 Å². The lowest BCUT2D eigenvalue weighted by Crippen LogP contribution is -2.48. The second kappa shape index (κ2) is 8.71. The molecular formula is C17H34ClN3. The topological polar surface area (TPSA) is 32.5 Å². The van der Waals surface area contributed by atoms with Crippen LogP contribution in [0, 0.1) is 5.92 Å². The highest BCUT2D eigenvalue weighted by atomic mass is 35.5. The first-order valence-electron chi connectivity index (χ1n) is 9.03. The lowest BCUT2D eigenvalue weighted by atomic mass is 9.85. The van der Waals surface area contributed by atoms with Crippen LogP contribution in [0.3, 0.4) is 0 Å². The van der Waals surface area contributed by atoms with Crippen LogP contribution < -0.4 is 5.73 Å². The third-order valence-corrected chi connectivity index (χ3v) is 5.80. The van der Waals surface area contributed by atoms with Gasteiger partial charge in [-0.25, -0.2) is 0 Å². The summed E-state index contributed by atoms with van der Waals surface area (Å²) >= 11 is 0. The quantitative estimate of drug-likeness (QED) is 0.869. The minimum absolute atomic E-state index is 0. The zero-order chi connectivity index (χ0) is 13.8. The minimum atomic E-state index is 0. The Morgan fingerprint density at radius 1 is 0.810 bits per heavy atom. The van der Waals surface area contributed by atoms with Crippen LogP contribution >= 0.6 is 12.4 Å². The summed E-state index contributed by atoms with van der Waals surface area (Å²) < 4.78 is 0. The predicted molar refractivity (Wildman–Crippen MR) is 92.1 cm³/mol. The van der Waals surface area contributed by atoms with E-state index in [4.69, 9.17) is 5.73 Å². The molecule has 2 aliphatic heterocycles. The van der Waals surface area contributed by atoms with Crippen LogP contribution in [0.1, 0.15) is 57.8 Å². The van der Waals surface area contributed by atoms with Crippen LogP contribution in [0.15, 0.2) is 0 Å². The molecule has 3 nitrogen and oxygen atoms in total. The normalized spacial score (nSPS) is 33.6. The van der Waals surface area contributed by atoms with E-state index in [1.807, 2.05) is 0 Å². The molecule has 2 heterocycles. The maximum absolute atomic E-state index is 6.12. The van der Waals surface area contributed by atoms with E-state index in [2.05, 4.69) is 9.80 Å². The van der Waals surface area contributed by atoms with Gasteiger partial charge in [0.2, 0.25) is 0 Å². The Bertz CT molecular complexity index is 286. The van der Waals surface area contributed by atoms with Crippen molar-refractivity contribution < 1.29 is 0 Å². The maximum Gasteiger partial charge on any atom is 0.0120 e. The fraction of sp³-hybridized carbons (Fsp3) is 1.00. The fourth-order valence-electron chi connectivity index (χ4n) is 4.61.